The lowest BCUT2D eigenvalue weighted by molar-refractivity contribution is -0.0202. The van der Waals surface area contributed by atoms with Crippen LogP contribution in [0.3, 0.4) is 0 Å². The molecule has 3 aromatic rings. The zero-order valence-corrected chi connectivity index (χ0v) is 19.0. The van der Waals surface area contributed by atoms with Crippen LogP contribution in [0.5, 0.6) is 5.75 Å². The number of hydrogen-bond donors (Lipinski definition) is 2. The van der Waals surface area contributed by atoms with Crippen LogP contribution in [-0.4, -0.2) is 47.7 Å². The molecule has 1 saturated heterocycles. The van der Waals surface area contributed by atoms with Gasteiger partial charge in [-0.1, -0.05) is 60.7 Å². The van der Waals surface area contributed by atoms with Crippen LogP contribution in [-0.2, 0) is 13.0 Å². The van der Waals surface area contributed by atoms with Gasteiger partial charge in [-0.15, -0.1) is 0 Å². The molecule has 5 nitrogen and oxygen atoms in total. The number of aliphatic hydroxyl groups is 1. The fourth-order valence-electron chi connectivity index (χ4n) is 4.22. The van der Waals surface area contributed by atoms with E-state index in [1.807, 2.05) is 60.7 Å². The van der Waals surface area contributed by atoms with Crippen molar-refractivity contribution < 1.29 is 14.6 Å². The topological polar surface area (TPSA) is 61.8 Å². The monoisotopic (exact) mass is 444 g/mol. The minimum atomic E-state index is -0.634. The molecule has 2 N–H and O–H groups in total. The number of likely N-dealkylation sites (tertiary alicyclic amines) is 1. The Morgan fingerprint density at radius 2 is 1.48 bits per heavy atom. The lowest BCUT2D eigenvalue weighted by atomic mass is 9.85. The maximum absolute atomic E-state index is 12.5. The molecule has 0 aliphatic carbocycles. The zero-order chi connectivity index (χ0) is 22.9. The number of hydrogen-bond acceptors (Lipinski definition) is 4. The normalized spacial score (nSPS) is 15.7. The van der Waals surface area contributed by atoms with Crippen molar-refractivity contribution in [3.05, 3.63) is 102 Å². The number of carbonyl (C=O) groups excluding carboxylic acids is 1. The summed E-state index contributed by atoms with van der Waals surface area (Å²) >= 11 is 0. The minimum absolute atomic E-state index is 0.0813. The third kappa shape index (κ3) is 6.91. The fourth-order valence-corrected chi connectivity index (χ4v) is 4.22. The van der Waals surface area contributed by atoms with Gasteiger partial charge >= 0.3 is 0 Å². The predicted octanol–water partition coefficient (Wildman–Crippen LogP) is 4.07. The Hall–Kier alpha value is -3.15. The largest absolute Gasteiger partial charge is 0.489 e. The molecule has 0 bridgehead atoms. The summed E-state index contributed by atoms with van der Waals surface area (Å²) in [4.78, 5) is 14.8. The van der Waals surface area contributed by atoms with E-state index in [9.17, 15) is 9.90 Å². The highest BCUT2D eigenvalue weighted by atomic mass is 16.5. The molecule has 172 valence electrons. The number of ether oxygens (including phenoxy) is 1. The molecular formula is C28H32N2O3. The van der Waals surface area contributed by atoms with Gasteiger partial charge in [0.05, 0.1) is 5.60 Å². The van der Waals surface area contributed by atoms with E-state index in [2.05, 4.69) is 22.3 Å². The number of benzene rings is 3. The minimum Gasteiger partial charge on any atom is -0.489 e. The van der Waals surface area contributed by atoms with E-state index in [1.54, 1.807) is 12.1 Å². The average Bonchev–Trinajstić information content (AvgIpc) is 2.85. The van der Waals surface area contributed by atoms with Crippen LogP contribution < -0.4 is 10.1 Å². The molecule has 1 aliphatic rings. The maximum Gasteiger partial charge on any atom is 0.251 e. The van der Waals surface area contributed by atoms with Gasteiger partial charge in [0, 0.05) is 38.2 Å². The van der Waals surface area contributed by atoms with Crippen LogP contribution in [0.4, 0.5) is 0 Å². The van der Waals surface area contributed by atoms with Crippen molar-refractivity contribution in [1.29, 1.82) is 0 Å². The second kappa shape index (κ2) is 11.1. The van der Waals surface area contributed by atoms with E-state index in [0.29, 0.717) is 25.1 Å². The number of nitrogens with zero attached hydrogens (tertiary/aromatic N) is 1. The standard InChI is InChI=1S/C28H32N2O3/c31-27(25-11-13-26(14-12-25)33-22-24-9-5-2-6-10-24)29-17-20-30-18-15-28(32,16-19-30)21-23-7-3-1-4-8-23/h1-14,32H,15-22H2,(H,29,31). The summed E-state index contributed by atoms with van der Waals surface area (Å²) in [5.41, 5.74) is 2.27. The molecule has 0 unspecified atom stereocenters. The molecule has 0 spiro atoms. The van der Waals surface area contributed by atoms with Crippen molar-refractivity contribution in [3.63, 3.8) is 0 Å². The highest BCUT2D eigenvalue weighted by molar-refractivity contribution is 5.94. The van der Waals surface area contributed by atoms with E-state index in [-0.39, 0.29) is 5.91 Å². The van der Waals surface area contributed by atoms with Crippen LogP contribution in [0.2, 0.25) is 0 Å². The molecule has 1 fully saturated rings. The maximum atomic E-state index is 12.5. The van der Waals surface area contributed by atoms with Gasteiger partial charge in [0.25, 0.3) is 5.91 Å². The quantitative estimate of drug-likeness (QED) is 0.522. The van der Waals surface area contributed by atoms with Crippen LogP contribution in [0.25, 0.3) is 0 Å². The Balaban J connectivity index is 1.16. The van der Waals surface area contributed by atoms with Gasteiger partial charge in [-0.05, 0) is 48.2 Å². The van der Waals surface area contributed by atoms with E-state index in [0.717, 1.165) is 43.8 Å². The molecule has 4 rings (SSSR count). The van der Waals surface area contributed by atoms with E-state index >= 15 is 0 Å². The third-order valence-corrected chi connectivity index (χ3v) is 6.24. The van der Waals surface area contributed by atoms with Crippen LogP contribution >= 0.6 is 0 Å². The Bertz CT molecular complexity index is 998. The molecule has 33 heavy (non-hydrogen) atoms. The fraction of sp³-hybridized carbons (Fsp3) is 0.321. The van der Waals surface area contributed by atoms with Gasteiger partial charge in [-0.2, -0.15) is 0 Å². The number of nitrogens with one attached hydrogen (secondary N) is 1. The summed E-state index contributed by atoms with van der Waals surface area (Å²) in [6.45, 7) is 3.55. The highest BCUT2D eigenvalue weighted by Crippen LogP contribution is 2.26. The molecule has 0 atom stereocenters. The van der Waals surface area contributed by atoms with Crippen molar-refractivity contribution in [1.82, 2.24) is 10.2 Å². The first-order valence-corrected chi connectivity index (χ1v) is 11.6. The Morgan fingerprint density at radius 3 is 2.12 bits per heavy atom. The first-order valence-electron chi connectivity index (χ1n) is 11.6. The SMILES string of the molecule is O=C(NCCN1CCC(O)(Cc2ccccc2)CC1)c1ccc(OCc2ccccc2)cc1. The number of piperidine rings is 1. The number of carbonyl (C=O) groups is 1. The van der Waals surface area contributed by atoms with E-state index in [4.69, 9.17) is 4.74 Å². The summed E-state index contributed by atoms with van der Waals surface area (Å²) in [5.74, 6) is 0.661. The van der Waals surface area contributed by atoms with Crippen molar-refractivity contribution in [3.8, 4) is 5.75 Å². The second-order valence-corrected chi connectivity index (χ2v) is 8.78. The van der Waals surface area contributed by atoms with Crippen molar-refractivity contribution in [2.45, 2.75) is 31.5 Å². The molecule has 0 aromatic heterocycles. The van der Waals surface area contributed by atoms with Crippen molar-refractivity contribution in [2.75, 3.05) is 26.2 Å². The summed E-state index contributed by atoms with van der Waals surface area (Å²) in [6, 6.07) is 27.4. The van der Waals surface area contributed by atoms with Crippen LogP contribution in [0.1, 0.15) is 34.3 Å². The molecule has 1 heterocycles. The highest BCUT2D eigenvalue weighted by Gasteiger charge is 2.32. The Morgan fingerprint density at radius 1 is 0.879 bits per heavy atom. The Kier molecular flexibility index (Phi) is 7.76. The molecule has 5 heteroatoms. The van der Waals surface area contributed by atoms with Gasteiger partial charge in [0.2, 0.25) is 0 Å². The average molecular weight is 445 g/mol. The molecular weight excluding hydrogens is 412 g/mol. The first-order chi connectivity index (χ1) is 16.1. The van der Waals surface area contributed by atoms with Gasteiger partial charge in [-0.3, -0.25) is 4.79 Å². The lowest BCUT2D eigenvalue weighted by Gasteiger charge is -2.38. The van der Waals surface area contributed by atoms with E-state index in [1.165, 1.54) is 5.56 Å². The summed E-state index contributed by atoms with van der Waals surface area (Å²) < 4.78 is 5.78. The summed E-state index contributed by atoms with van der Waals surface area (Å²) in [7, 11) is 0. The molecule has 3 aromatic carbocycles. The Labute approximate surface area is 196 Å². The number of rotatable bonds is 9. The smallest absolute Gasteiger partial charge is 0.251 e. The second-order valence-electron chi connectivity index (χ2n) is 8.78. The van der Waals surface area contributed by atoms with Gasteiger partial charge in [0.15, 0.2) is 0 Å². The molecule has 0 radical (unpaired) electrons. The summed E-state index contributed by atoms with van der Waals surface area (Å²) in [5, 5.41) is 13.9. The lowest BCUT2D eigenvalue weighted by Crippen LogP contribution is -2.47. The molecule has 1 amide bonds. The summed E-state index contributed by atoms with van der Waals surface area (Å²) in [6.07, 6.45) is 2.20. The predicted molar refractivity (Wildman–Crippen MR) is 130 cm³/mol. The van der Waals surface area contributed by atoms with Crippen LogP contribution in [0, 0.1) is 0 Å². The number of amides is 1. The van der Waals surface area contributed by atoms with Crippen molar-refractivity contribution >= 4 is 5.91 Å². The van der Waals surface area contributed by atoms with Gasteiger partial charge < -0.3 is 20.1 Å². The van der Waals surface area contributed by atoms with Crippen molar-refractivity contribution in [2.24, 2.45) is 0 Å². The first kappa shape index (κ1) is 23.0. The third-order valence-electron chi connectivity index (χ3n) is 6.24. The molecule has 1 aliphatic heterocycles. The molecule has 0 saturated carbocycles. The van der Waals surface area contributed by atoms with Gasteiger partial charge in [0.1, 0.15) is 12.4 Å². The van der Waals surface area contributed by atoms with E-state index < -0.39 is 5.60 Å². The zero-order valence-electron chi connectivity index (χ0n) is 19.0. The van der Waals surface area contributed by atoms with Gasteiger partial charge in [-0.25, -0.2) is 0 Å². The van der Waals surface area contributed by atoms with Crippen LogP contribution in [0.15, 0.2) is 84.9 Å².